The predicted molar refractivity (Wildman–Crippen MR) is 47.5 cm³/mol. The monoisotopic (exact) mass is 186 g/mol. The number of carbonyl (C=O) groups excluding carboxylic acids is 1. The van der Waals surface area contributed by atoms with Crippen molar-refractivity contribution in [2.75, 3.05) is 20.3 Å². The first-order valence-electron chi connectivity index (χ1n) is 4.13. The van der Waals surface area contributed by atoms with Gasteiger partial charge in [-0.1, -0.05) is 5.16 Å². The van der Waals surface area contributed by atoms with Crippen molar-refractivity contribution in [1.82, 2.24) is 5.32 Å². The summed E-state index contributed by atoms with van der Waals surface area (Å²) in [5.74, 6) is -0.255. The second-order valence-electron chi connectivity index (χ2n) is 3.27. The Bertz CT molecular complexity index is 209. The Morgan fingerprint density at radius 2 is 2.54 bits per heavy atom. The molecule has 1 aliphatic heterocycles. The molecule has 0 aromatic carbocycles. The van der Waals surface area contributed by atoms with Crippen LogP contribution in [0.4, 0.5) is 0 Å². The number of nitrogens with zero attached hydrogens (tertiary/aromatic N) is 1. The highest BCUT2D eigenvalue weighted by Gasteiger charge is 2.30. The van der Waals surface area contributed by atoms with E-state index < -0.39 is 0 Å². The summed E-state index contributed by atoms with van der Waals surface area (Å²) in [5.41, 5.74) is -0.253. The van der Waals surface area contributed by atoms with Crippen molar-refractivity contribution in [1.29, 1.82) is 0 Å². The van der Waals surface area contributed by atoms with Gasteiger partial charge in [-0.15, -0.1) is 0 Å². The highest BCUT2D eigenvalue weighted by atomic mass is 16.6. The Kier molecular flexibility index (Phi) is 3.25. The summed E-state index contributed by atoms with van der Waals surface area (Å²) in [4.78, 5) is 15.6. The molecule has 1 unspecified atom stereocenters. The van der Waals surface area contributed by atoms with Gasteiger partial charge in [-0.2, -0.15) is 0 Å². The van der Waals surface area contributed by atoms with Crippen molar-refractivity contribution >= 4 is 12.1 Å². The molecule has 1 heterocycles. The normalized spacial score (nSPS) is 27.8. The van der Waals surface area contributed by atoms with Crippen LogP contribution in [-0.4, -0.2) is 38.0 Å². The van der Waals surface area contributed by atoms with Gasteiger partial charge in [-0.05, 0) is 13.3 Å². The molecule has 1 rings (SSSR count). The van der Waals surface area contributed by atoms with Crippen LogP contribution in [-0.2, 0) is 14.4 Å². The van der Waals surface area contributed by atoms with Crippen LogP contribution >= 0.6 is 0 Å². The van der Waals surface area contributed by atoms with E-state index in [0.29, 0.717) is 13.2 Å². The first kappa shape index (κ1) is 9.98. The average molecular weight is 186 g/mol. The molecule has 1 N–H and O–H groups in total. The summed E-state index contributed by atoms with van der Waals surface area (Å²) in [6, 6.07) is 0. The maximum absolute atomic E-state index is 11.2. The molecule has 0 bridgehead atoms. The number of hydrogen-bond acceptors (Lipinski definition) is 4. The number of oxime groups is 1. The summed E-state index contributed by atoms with van der Waals surface area (Å²) >= 11 is 0. The molecule has 13 heavy (non-hydrogen) atoms. The van der Waals surface area contributed by atoms with Gasteiger partial charge in [0.2, 0.25) is 0 Å². The summed E-state index contributed by atoms with van der Waals surface area (Å²) in [6.45, 7) is 3.19. The van der Waals surface area contributed by atoms with Crippen LogP contribution in [0.3, 0.4) is 0 Å². The molecule has 0 aliphatic carbocycles. The Hall–Kier alpha value is -1.10. The van der Waals surface area contributed by atoms with Crippen LogP contribution < -0.4 is 5.32 Å². The van der Waals surface area contributed by atoms with Crippen molar-refractivity contribution < 1.29 is 14.4 Å². The lowest BCUT2D eigenvalue weighted by molar-refractivity contribution is -0.116. The van der Waals surface area contributed by atoms with E-state index in [1.54, 1.807) is 0 Å². The Morgan fingerprint density at radius 1 is 1.77 bits per heavy atom. The molecule has 0 saturated carbocycles. The molecule has 0 spiro atoms. The third-order valence-electron chi connectivity index (χ3n) is 1.92. The zero-order valence-electron chi connectivity index (χ0n) is 7.87. The van der Waals surface area contributed by atoms with Crippen LogP contribution in [0.5, 0.6) is 0 Å². The first-order chi connectivity index (χ1) is 6.16. The SMILES string of the molecule is CO/N=C/C(=O)NC1(C)CCOC1. The van der Waals surface area contributed by atoms with Gasteiger partial charge >= 0.3 is 0 Å². The van der Waals surface area contributed by atoms with E-state index in [9.17, 15) is 4.79 Å². The summed E-state index contributed by atoms with van der Waals surface area (Å²) in [6.07, 6.45) is 1.95. The van der Waals surface area contributed by atoms with Gasteiger partial charge in [0.05, 0.1) is 12.1 Å². The minimum Gasteiger partial charge on any atom is -0.399 e. The maximum atomic E-state index is 11.2. The molecule has 1 amide bonds. The molecule has 5 heteroatoms. The van der Waals surface area contributed by atoms with E-state index in [-0.39, 0.29) is 11.4 Å². The lowest BCUT2D eigenvalue weighted by Crippen LogP contribution is -2.46. The second kappa shape index (κ2) is 4.23. The van der Waals surface area contributed by atoms with Crippen molar-refractivity contribution in [2.45, 2.75) is 18.9 Å². The van der Waals surface area contributed by atoms with Crippen LogP contribution in [0.15, 0.2) is 5.16 Å². The van der Waals surface area contributed by atoms with Crippen LogP contribution in [0.1, 0.15) is 13.3 Å². The fourth-order valence-corrected chi connectivity index (χ4v) is 1.20. The van der Waals surface area contributed by atoms with E-state index in [0.717, 1.165) is 12.6 Å². The number of nitrogens with one attached hydrogen (secondary N) is 1. The third-order valence-corrected chi connectivity index (χ3v) is 1.92. The highest BCUT2D eigenvalue weighted by Crippen LogP contribution is 2.16. The van der Waals surface area contributed by atoms with E-state index in [2.05, 4.69) is 15.3 Å². The largest absolute Gasteiger partial charge is 0.399 e. The fourth-order valence-electron chi connectivity index (χ4n) is 1.20. The first-order valence-corrected chi connectivity index (χ1v) is 4.13. The molecule has 5 nitrogen and oxygen atoms in total. The smallest absolute Gasteiger partial charge is 0.266 e. The zero-order chi connectivity index (χ0) is 9.73. The Balaban J connectivity index is 2.38. The van der Waals surface area contributed by atoms with Gasteiger partial charge in [0.1, 0.15) is 13.3 Å². The standard InChI is InChI=1S/C8H14N2O3/c1-8(3-4-13-6-8)10-7(11)5-9-12-2/h5H,3-4,6H2,1-2H3,(H,10,11)/b9-5+. The molecular weight excluding hydrogens is 172 g/mol. The molecule has 0 aromatic rings. The summed E-state index contributed by atoms with van der Waals surface area (Å²) in [7, 11) is 1.39. The zero-order valence-corrected chi connectivity index (χ0v) is 7.87. The number of hydrogen-bond donors (Lipinski definition) is 1. The molecule has 0 aromatic heterocycles. The number of amides is 1. The topological polar surface area (TPSA) is 59.9 Å². The molecule has 1 atom stereocenters. The second-order valence-corrected chi connectivity index (χ2v) is 3.27. The number of rotatable bonds is 3. The van der Waals surface area contributed by atoms with Gasteiger partial charge in [0.25, 0.3) is 5.91 Å². The highest BCUT2D eigenvalue weighted by molar-refractivity contribution is 6.26. The minimum atomic E-state index is -0.255. The Labute approximate surface area is 77.1 Å². The van der Waals surface area contributed by atoms with Gasteiger partial charge in [0, 0.05) is 6.61 Å². The average Bonchev–Trinajstić information content (AvgIpc) is 2.48. The van der Waals surface area contributed by atoms with E-state index in [1.165, 1.54) is 7.11 Å². The number of ether oxygens (including phenoxy) is 1. The summed E-state index contributed by atoms with van der Waals surface area (Å²) in [5, 5.41) is 6.16. The predicted octanol–water partition coefficient (Wildman–Crippen LogP) is -0.0862. The van der Waals surface area contributed by atoms with Crippen molar-refractivity contribution in [3.05, 3.63) is 0 Å². The third kappa shape index (κ3) is 3.02. The lowest BCUT2D eigenvalue weighted by Gasteiger charge is -2.21. The van der Waals surface area contributed by atoms with Crippen LogP contribution in [0, 0.1) is 0 Å². The lowest BCUT2D eigenvalue weighted by atomic mass is 10.0. The quantitative estimate of drug-likeness (QED) is 0.495. The van der Waals surface area contributed by atoms with Crippen LogP contribution in [0.2, 0.25) is 0 Å². The van der Waals surface area contributed by atoms with Gasteiger partial charge in [0.15, 0.2) is 0 Å². The summed E-state index contributed by atoms with van der Waals surface area (Å²) < 4.78 is 5.17. The molecule has 0 radical (unpaired) electrons. The van der Waals surface area contributed by atoms with Gasteiger partial charge in [-0.3, -0.25) is 4.79 Å². The molecule has 74 valence electrons. The van der Waals surface area contributed by atoms with Gasteiger partial charge in [-0.25, -0.2) is 0 Å². The number of carbonyl (C=O) groups is 1. The molecule has 1 fully saturated rings. The van der Waals surface area contributed by atoms with Gasteiger partial charge < -0.3 is 14.9 Å². The molecule has 1 aliphatic rings. The van der Waals surface area contributed by atoms with Crippen LogP contribution in [0.25, 0.3) is 0 Å². The van der Waals surface area contributed by atoms with Crippen molar-refractivity contribution in [3.63, 3.8) is 0 Å². The Morgan fingerprint density at radius 3 is 3.08 bits per heavy atom. The van der Waals surface area contributed by atoms with E-state index in [1.807, 2.05) is 6.92 Å². The van der Waals surface area contributed by atoms with E-state index >= 15 is 0 Å². The molecular formula is C8H14N2O3. The molecule has 1 saturated heterocycles. The van der Waals surface area contributed by atoms with E-state index in [4.69, 9.17) is 4.74 Å². The fraction of sp³-hybridized carbons (Fsp3) is 0.750. The van der Waals surface area contributed by atoms with Crippen molar-refractivity contribution in [2.24, 2.45) is 5.16 Å². The minimum absolute atomic E-state index is 0.253. The maximum Gasteiger partial charge on any atom is 0.266 e. The van der Waals surface area contributed by atoms with Crippen molar-refractivity contribution in [3.8, 4) is 0 Å².